The van der Waals surface area contributed by atoms with Gasteiger partial charge in [-0.1, -0.05) is 11.6 Å². The van der Waals surface area contributed by atoms with Crippen molar-refractivity contribution in [1.29, 1.82) is 0 Å². The number of nitrogen functional groups attached to an aromatic ring is 1. The Bertz CT molecular complexity index is 537. The summed E-state index contributed by atoms with van der Waals surface area (Å²) in [6, 6.07) is 5.26. The molecule has 2 aromatic rings. The molecule has 0 amide bonds. The Morgan fingerprint density at radius 1 is 1.42 bits per heavy atom. The quantitative estimate of drug-likeness (QED) is 0.848. The lowest BCUT2D eigenvalue weighted by molar-refractivity contribution is 0.0614. The molecular weight excluding hydrogens is 266 g/mol. The maximum absolute atomic E-state index is 5.99. The number of hydrogen-bond acceptors (Lipinski definition) is 5. The molecule has 1 aromatic heterocycles. The first-order chi connectivity index (χ1) is 9.10. The van der Waals surface area contributed by atoms with Gasteiger partial charge in [-0.05, 0) is 42.5 Å². The van der Waals surface area contributed by atoms with E-state index in [4.69, 9.17) is 22.1 Å². The summed E-state index contributed by atoms with van der Waals surface area (Å²) in [7, 11) is 0. The first kappa shape index (κ1) is 13.8. The van der Waals surface area contributed by atoms with Gasteiger partial charge in [-0.25, -0.2) is 4.68 Å². The van der Waals surface area contributed by atoms with Crippen molar-refractivity contribution in [2.24, 2.45) is 0 Å². The van der Waals surface area contributed by atoms with Crippen LogP contribution in [0.2, 0.25) is 5.02 Å². The number of nitrogens with zero attached hydrogens (tertiary/aromatic N) is 4. The predicted molar refractivity (Wildman–Crippen MR) is 73.8 cm³/mol. The van der Waals surface area contributed by atoms with Crippen molar-refractivity contribution in [3.8, 4) is 11.4 Å². The van der Waals surface area contributed by atoms with Crippen LogP contribution in [0.15, 0.2) is 18.2 Å². The standard InChI is InChI=1S/C12H16ClN5O/c1-3-19-8(2)7-18-12(15-16-17-18)9-4-10(13)6-11(14)5-9/h4-6,8H,3,7,14H2,1-2H3. The zero-order valence-electron chi connectivity index (χ0n) is 10.9. The number of rotatable bonds is 5. The fraction of sp³-hybridized carbons (Fsp3) is 0.417. The molecule has 0 saturated carbocycles. The van der Waals surface area contributed by atoms with Gasteiger partial charge in [-0.3, -0.25) is 0 Å². The van der Waals surface area contributed by atoms with E-state index in [1.807, 2.05) is 13.8 Å². The maximum Gasteiger partial charge on any atom is 0.182 e. The van der Waals surface area contributed by atoms with Crippen molar-refractivity contribution >= 4 is 17.3 Å². The average Bonchev–Trinajstić information content (AvgIpc) is 2.76. The summed E-state index contributed by atoms with van der Waals surface area (Å²) in [6.07, 6.45) is 0.0313. The second-order valence-corrected chi connectivity index (χ2v) is 4.66. The van der Waals surface area contributed by atoms with E-state index in [0.717, 1.165) is 5.56 Å². The minimum absolute atomic E-state index is 0.0313. The first-order valence-corrected chi connectivity index (χ1v) is 6.42. The maximum atomic E-state index is 5.99. The van der Waals surface area contributed by atoms with Gasteiger partial charge in [0.05, 0.1) is 12.6 Å². The molecule has 0 bridgehead atoms. The molecule has 1 aromatic carbocycles. The fourth-order valence-electron chi connectivity index (χ4n) is 1.86. The number of ether oxygens (including phenoxy) is 1. The van der Waals surface area contributed by atoms with Gasteiger partial charge in [0.2, 0.25) is 0 Å². The van der Waals surface area contributed by atoms with Crippen LogP contribution in [0.5, 0.6) is 0 Å². The molecule has 102 valence electrons. The minimum atomic E-state index is 0.0313. The zero-order chi connectivity index (χ0) is 13.8. The molecule has 1 heterocycles. The molecule has 0 radical (unpaired) electrons. The lowest BCUT2D eigenvalue weighted by Gasteiger charge is -2.12. The highest BCUT2D eigenvalue weighted by molar-refractivity contribution is 6.31. The smallest absolute Gasteiger partial charge is 0.182 e. The topological polar surface area (TPSA) is 78.8 Å². The second kappa shape index (κ2) is 5.99. The molecule has 6 nitrogen and oxygen atoms in total. The third-order valence-corrected chi connectivity index (χ3v) is 2.81. The van der Waals surface area contributed by atoms with Crippen LogP contribution >= 0.6 is 11.6 Å². The summed E-state index contributed by atoms with van der Waals surface area (Å²) < 4.78 is 7.17. The van der Waals surface area contributed by atoms with Crippen molar-refractivity contribution in [1.82, 2.24) is 20.2 Å². The van der Waals surface area contributed by atoms with Gasteiger partial charge in [0, 0.05) is 22.9 Å². The number of tetrazole rings is 1. The molecule has 0 aliphatic rings. The Labute approximate surface area is 116 Å². The Kier molecular flexibility index (Phi) is 4.34. The molecule has 0 aliphatic carbocycles. The third-order valence-electron chi connectivity index (χ3n) is 2.59. The molecule has 2 rings (SSSR count). The SMILES string of the molecule is CCOC(C)Cn1nnnc1-c1cc(N)cc(Cl)c1. The van der Waals surface area contributed by atoms with E-state index in [1.165, 1.54) is 0 Å². The molecule has 1 unspecified atom stereocenters. The van der Waals surface area contributed by atoms with Crippen molar-refractivity contribution in [3.05, 3.63) is 23.2 Å². The van der Waals surface area contributed by atoms with Crippen molar-refractivity contribution in [2.45, 2.75) is 26.5 Å². The zero-order valence-corrected chi connectivity index (χ0v) is 11.6. The van der Waals surface area contributed by atoms with Crippen molar-refractivity contribution < 1.29 is 4.74 Å². The normalized spacial score (nSPS) is 12.6. The van der Waals surface area contributed by atoms with Crippen LogP contribution in [-0.2, 0) is 11.3 Å². The van der Waals surface area contributed by atoms with Crippen LogP contribution in [0, 0.1) is 0 Å². The van der Waals surface area contributed by atoms with Crippen LogP contribution in [0.3, 0.4) is 0 Å². The molecule has 1 atom stereocenters. The lowest BCUT2D eigenvalue weighted by atomic mass is 10.2. The summed E-state index contributed by atoms with van der Waals surface area (Å²) in [6.45, 7) is 5.15. The molecule has 0 aliphatic heterocycles. The number of hydrogen-bond donors (Lipinski definition) is 1. The minimum Gasteiger partial charge on any atom is -0.399 e. The van der Waals surface area contributed by atoms with E-state index in [0.29, 0.717) is 29.7 Å². The van der Waals surface area contributed by atoms with Crippen LogP contribution < -0.4 is 5.73 Å². The highest BCUT2D eigenvalue weighted by Gasteiger charge is 2.13. The monoisotopic (exact) mass is 281 g/mol. The van der Waals surface area contributed by atoms with Gasteiger partial charge >= 0.3 is 0 Å². The molecular formula is C12H16ClN5O. The summed E-state index contributed by atoms with van der Waals surface area (Å²) in [5, 5.41) is 12.2. The van der Waals surface area contributed by atoms with Gasteiger partial charge in [0.15, 0.2) is 5.82 Å². The number of aromatic nitrogens is 4. The van der Waals surface area contributed by atoms with Gasteiger partial charge in [-0.2, -0.15) is 0 Å². The van der Waals surface area contributed by atoms with E-state index in [2.05, 4.69) is 15.5 Å². The van der Waals surface area contributed by atoms with Gasteiger partial charge in [0.1, 0.15) is 0 Å². The van der Waals surface area contributed by atoms with Gasteiger partial charge in [0.25, 0.3) is 0 Å². The van der Waals surface area contributed by atoms with Crippen LogP contribution in [0.1, 0.15) is 13.8 Å². The highest BCUT2D eigenvalue weighted by Crippen LogP contribution is 2.24. The van der Waals surface area contributed by atoms with Crippen molar-refractivity contribution in [3.63, 3.8) is 0 Å². The summed E-state index contributed by atoms with van der Waals surface area (Å²) in [5.41, 5.74) is 7.15. The van der Waals surface area contributed by atoms with E-state index >= 15 is 0 Å². The van der Waals surface area contributed by atoms with E-state index in [-0.39, 0.29) is 6.10 Å². The predicted octanol–water partition coefficient (Wildman–Crippen LogP) is 2.00. The number of nitrogens with two attached hydrogens (primary N) is 1. The molecule has 0 saturated heterocycles. The fourth-order valence-corrected chi connectivity index (χ4v) is 2.10. The molecule has 7 heteroatoms. The summed E-state index contributed by atoms with van der Waals surface area (Å²) in [4.78, 5) is 0. The summed E-state index contributed by atoms with van der Waals surface area (Å²) >= 11 is 5.99. The lowest BCUT2D eigenvalue weighted by Crippen LogP contribution is -2.18. The molecule has 19 heavy (non-hydrogen) atoms. The van der Waals surface area contributed by atoms with Crippen LogP contribution in [0.25, 0.3) is 11.4 Å². The Morgan fingerprint density at radius 2 is 2.21 bits per heavy atom. The van der Waals surface area contributed by atoms with E-state index < -0.39 is 0 Å². The van der Waals surface area contributed by atoms with Gasteiger partial charge < -0.3 is 10.5 Å². The van der Waals surface area contributed by atoms with E-state index in [9.17, 15) is 0 Å². The van der Waals surface area contributed by atoms with Gasteiger partial charge in [-0.15, -0.1) is 5.10 Å². The second-order valence-electron chi connectivity index (χ2n) is 4.22. The Balaban J connectivity index is 2.28. The number of halogens is 1. The molecule has 0 fully saturated rings. The number of benzene rings is 1. The Morgan fingerprint density at radius 3 is 2.89 bits per heavy atom. The Hall–Kier alpha value is -1.66. The van der Waals surface area contributed by atoms with E-state index in [1.54, 1.807) is 22.9 Å². The largest absolute Gasteiger partial charge is 0.399 e. The third kappa shape index (κ3) is 3.42. The summed E-state index contributed by atoms with van der Waals surface area (Å²) in [5.74, 6) is 0.626. The van der Waals surface area contributed by atoms with Crippen LogP contribution in [0.4, 0.5) is 5.69 Å². The first-order valence-electron chi connectivity index (χ1n) is 6.04. The molecule has 2 N–H and O–H groups in total. The number of anilines is 1. The average molecular weight is 282 g/mol. The van der Waals surface area contributed by atoms with Crippen molar-refractivity contribution in [2.75, 3.05) is 12.3 Å². The highest BCUT2D eigenvalue weighted by atomic mass is 35.5. The van der Waals surface area contributed by atoms with Crippen LogP contribution in [-0.4, -0.2) is 32.9 Å². The molecule has 0 spiro atoms.